The molecule has 186 valence electrons. The van der Waals surface area contributed by atoms with Gasteiger partial charge in [0, 0.05) is 44.7 Å². The molecular formula is C27H44FN3O2. The van der Waals surface area contributed by atoms with Crippen molar-refractivity contribution in [1.29, 1.82) is 0 Å². The third kappa shape index (κ3) is 5.26. The molecule has 5 fully saturated rings. The quantitative estimate of drug-likeness (QED) is 0.623. The van der Waals surface area contributed by atoms with Crippen LogP contribution >= 0.6 is 0 Å². The second-order valence-electron chi connectivity index (χ2n) is 11.7. The van der Waals surface area contributed by atoms with Gasteiger partial charge in [0.1, 0.15) is 6.17 Å². The van der Waals surface area contributed by atoms with E-state index in [4.69, 9.17) is 0 Å². The Balaban J connectivity index is 1.19. The topological polar surface area (TPSA) is 43.9 Å². The summed E-state index contributed by atoms with van der Waals surface area (Å²) in [5.74, 6) is 1.95. The number of fused-ring (bicyclic) bond motifs is 1. The number of alkyl halides is 1. The van der Waals surface area contributed by atoms with Crippen LogP contribution in [0.1, 0.15) is 89.9 Å². The van der Waals surface area contributed by atoms with E-state index in [0.717, 1.165) is 77.7 Å². The summed E-state index contributed by atoms with van der Waals surface area (Å²) in [7, 11) is 0. The monoisotopic (exact) mass is 461 g/mol. The van der Waals surface area contributed by atoms with Crippen molar-refractivity contribution in [2.24, 2.45) is 17.8 Å². The van der Waals surface area contributed by atoms with Crippen molar-refractivity contribution in [3.63, 3.8) is 0 Å². The molecule has 3 atom stereocenters. The summed E-state index contributed by atoms with van der Waals surface area (Å²) in [6.07, 6.45) is 13.9. The molecule has 5 nitrogen and oxygen atoms in total. The molecule has 0 aromatic heterocycles. The van der Waals surface area contributed by atoms with Crippen LogP contribution in [-0.2, 0) is 9.59 Å². The van der Waals surface area contributed by atoms with Gasteiger partial charge < -0.3 is 9.80 Å². The average molecular weight is 462 g/mol. The first-order valence-electron chi connectivity index (χ1n) is 14.1. The number of likely N-dealkylation sites (tertiary alicyclic amines) is 3. The van der Waals surface area contributed by atoms with E-state index >= 15 is 0 Å². The fraction of sp³-hybridized carbons (Fsp3) is 0.926. The number of hydrogen-bond acceptors (Lipinski definition) is 3. The van der Waals surface area contributed by atoms with E-state index in [0.29, 0.717) is 42.5 Å². The molecule has 2 saturated carbocycles. The van der Waals surface area contributed by atoms with Crippen molar-refractivity contribution in [3.05, 3.63) is 0 Å². The van der Waals surface area contributed by atoms with Gasteiger partial charge >= 0.3 is 0 Å². The smallest absolute Gasteiger partial charge is 0.239 e. The number of halogens is 1. The van der Waals surface area contributed by atoms with Gasteiger partial charge in [0.15, 0.2) is 0 Å². The highest BCUT2D eigenvalue weighted by Gasteiger charge is 2.47. The van der Waals surface area contributed by atoms with Crippen molar-refractivity contribution in [2.75, 3.05) is 32.7 Å². The van der Waals surface area contributed by atoms with Gasteiger partial charge in [-0.1, -0.05) is 12.8 Å². The van der Waals surface area contributed by atoms with Crippen molar-refractivity contribution >= 4 is 11.8 Å². The SMILES string of the molecule is O=C(C1CCN(C(=O)C2CC3CCCCC3N2CC2CCC(F)CC2)CC1)N1CCCCC1. The normalized spacial score (nSPS) is 36.6. The molecule has 6 heteroatoms. The minimum atomic E-state index is -0.617. The fourth-order valence-electron chi connectivity index (χ4n) is 7.59. The lowest BCUT2D eigenvalue weighted by molar-refractivity contribution is -0.143. The minimum absolute atomic E-state index is 0.00976. The van der Waals surface area contributed by atoms with Gasteiger partial charge in [-0.15, -0.1) is 0 Å². The zero-order chi connectivity index (χ0) is 22.8. The molecule has 5 rings (SSSR count). The van der Waals surface area contributed by atoms with Crippen LogP contribution in [0.4, 0.5) is 4.39 Å². The maximum Gasteiger partial charge on any atom is 0.239 e. The highest BCUT2D eigenvalue weighted by molar-refractivity contribution is 5.83. The number of carbonyl (C=O) groups is 2. The van der Waals surface area contributed by atoms with Gasteiger partial charge in [-0.25, -0.2) is 4.39 Å². The zero-order valence-electron chi connectivity index (χ0n) is 20.4. The predicted molar refractivity (Wildman–Crippen MR) is 127 cm³/mol. The standard InChI is InChI=1S/C27H44FN3O2/c28-23-10-8-20(9-11-23)19-31-24-7-3-2-6-22(24)18-25(31)27(33)30-16-12-21(13-17-30)26(32)29-14-4-1-5-15-29/h20-25H,1-19H2. The molecule has 2 amide bonds. The summed E-state index contributed by atoms with van der Waals surface area (Å²) in [4.78, 5) is 33.4. The molecule has 5 aliphatic rings. The van der Waals surface area contributed by atoms with E-state index in [9.17, 15) is 14.0 Å². The molecule has 0 N–H and O–H groups in total. The summed E-state index contributed by atoms with van der Waals surface area (Å²) in [6.45, 7) is 4.28. The van der Waals surface area contributed by atoms with Crippen LogP contribution in [0.15, 0.2) is 0 Å². The van der Waals surface area contributed by atoms with Gasteiger partial charge in [-0.3, -0.25) is 14.5 Å². The highest BCUT2D eigenvalue weighted by Crippen LogP contribution is 2.42. The van der Waals surface area contributed by atoms with Crippen molar-refractivity contribution < 1.29 is 14.0 Å². The molecule has 0 spiro atoms. The van der Waals surface area contributed by atoms with Gasteiger partial charge in [0.25, 0.3) is 0 Å². The Morgan fingerprint density at radius 3 is 2.09 bits per heavy atom. The summed E-state index contributed by atoms with van der Waals surface area (Å²) in [5.41, 5.74) is 0. The lowest BCUT2D eigenvalue weighted by Crippen LogP contribution is -2.52. The Labute approximate surface area is 199 Å². The molecular weight excluding hydrogens is 417 g/mol. The maximum atomic E-state index is 13.8. The number of hydrogen-bond donors (Lipinski definition) is 0. The summed E-state index contributed by atoms with van der Waals surface area (Å²) in [6, 6.07) is 0.560. The molecule has 0 bridgehead atoms. The number of rotatable bonds is 4. The summed E-state index contributed by atoms with van der Waals surface area (Å²) >= 11 is 0. The molecule has 3 unspecified atom stereocenters. The Kier molecular flexibility index (Phi) is 7.58. The number of piperidine rings is 2. The molecule has 0 aromatic rings. The van der Waals surface area contributed by atoms with Crippen LogP contribution in [0.5, 0.6) is 0 Å². The van der Waals surface area contributed by atoms with Crippen LogP contribution in [-0.4, -0.2) is 77.5 Å². The molecule has 33 heavy (non-hydrogen) atoms. The number of carbonyl (C=O) groups excluding carboxylic acids is 2. The Bertz CT molecular complexity index is 681. The molecule has 3 saturated heterocycles. The van der Waals surface area contributed by atoms with Gasteiger partial charge in [-0.2, -0.15) is 0 Å². The Morgan fingerprint density at radius 2 is 1.36 bits per heavy atom. The lowest BCUT2D eigenvalue weighted by Gasteiger charge is -2.40. The first kappa shape index (κ1) is 23.6. The van der Waals surface area contributed by atoms with Crippen LogP contribution < -0.4 is 0 Å². The van der Waals surface area contributed by atoms with E-state index in [-0.39, 0.29) is 12.0 Å². The lowest BCUT2D eigenvalue weighted by atomic mass is 9.84. The van der Waals surface area contributed by atoms with Crippen molar-refractivity contribution in [3.8, 4) is 0 Å². The zero-order valence-corrected chi connectivity index (χ0v) is 20.4. The first-order valence-corrected chi connectivity index (χ1v) is 14.1. The van der Waals surface area contributed by atoms with E-state index in [2.05, 4.69) is 14.7 Å². The van der Waals surface area contributed by atoms with Crippen molar-refractivity contribution in [2.45, 2.75) is 108 Å². The number of nitrogens with zero attached hydrogens (tertiary/aromatic N) is 3. The van der Waals surface area contributed by atoms with Crippen molar-refractivity contribution in [1.82, 2.24) is 14.7 Å². The molecule has 2 aliphatic carbocycles. The van der Waals surface area contributed by atoms with E-state index in [1.54, 1.807) is 0 Å². The Morgan fingerprint density at radius 1 is 0.697 bits per heavy atom. The van der Waals surface area contributed by atoms with Crippen LogP contribution in [0.25, 0.3) is 0 Å². The third-order valence-electron chi connectivity index (χ3n) is 9.58. The minimum Gasteiger partial charge on any atom is -0.342 e. The fourth-order valence-corrected chi connectivity index (χ4v) is 7.59. The van der Waals surface area contributed by atoms with Gasteiger partial charge in [0.05, 0.1) is 6.04 Å². The number of amides is 2. The molecule has 0 aromatic carbocycles. The average Bonchev–Trinajstić information content (AvgIpc) is 3.23. The third-order valence-corrected chi connectivity index (χ3v) is 9.58. The second kappa shape index (κ2) is 10.6. The van der Waals surface area contributed by atoms with E-state index < -0.39 is 6.17 Å². The highest BCUT2D eigenvalue weighted by atomic mass is 19.1. The van der Waals surface area contributed by atoms with Crippen LogP contribution in [0.3, 0.4) is 0 Å². The molecule has 3 heterocycles. The summed E-state index contributed by atoms with van der Waals surface area (Å²) in [5, 5.41) is 0. The second-order valence-corrected chi connectivity index (χ2v) is 11.7. The van der Waals surface area contributed by atoms with Crippen LogP contribution in [0.2, 0.25) is 0 Å². The van der Waals surface area contributed by atoms with Gasteiger partial charge in [0.2, 0.25) is 11.8 Å². The largest absolute Gasteiger partial charge is 0.342 e. The maximum absolute atomic E-state index is 13.8. The van der Waals surface area contributed by atoms with Crippen LogP contribution in [0, 0.1) is 17.8 Å². The van der Waals surface area contributed by atoms with E-state index in [1.807, 2.05) is 0 Å². The predicted octanol–water partition coefficient (Wildman–Crippen LogP) is 4.40. The van der Waals surface area contributed by atoms with Gasteiger partial charge in [-0.05, 0) is 88.9 Å². The van der Waals surface area contributed by atoms with E-state index in [1.165, 1.54) is 32.1 Å². The Hall–Kier alpha value is -1.17. The molecule has 0 radical (unpaired) electrons. The molecule has 3 aliphatic heterocycles. The first-order chi connectivity index (χ1) is 16.1. The summed E-state index contributed by atoms with van der Waals surface area (Å²) < 4.78 is 13.7.